The van der Waals surface area contributed by atoms with E-state index in [4.69, 9.17) is 10.2 Å². The first-order chi connectivity index (χ1) is 4.96. The second kappa shape index (κ2) is 2.28. The topological polar surface area (TPSA) is 83.8 Å². The smallest absolute Gasteiger partial charge is 0.364 e. The minimum absolute atomic E-state index is 0.394. The number of carboxylic acids is 1. The molecule has 0 spiro atoms. The summed E-state index contributed by atoms with van der Waals surface area (Å²) in [6.07, 6.45) is -1.29. The molecule has 2 atom stereocenters. The highest BCUT2D eigenvalue weighted by Crippen LogP contribution is 2.24. The van der Waals surface area contributed by atoms with Crippen LogP contribution in [0.2, 0.25) is 0 Å². The Morgan fingerprint density at radius 1 is 1.82 bits per heavy atom. The summed E-state index contributed by atoms with van der Waals surface area (Å²) in [6, 6.07) is 0. The highest BCUT2D eigenvalue weighted by molar-refractivity contribution is 5.92. The minimum atomic E-state index is -2.30. The molecule has 0 unspecified atom stereocenters. The van der Waals surface area contributed by atoms with Gasteiger partial charge in [-0.05, 0) is 6.92 Å². The molecule has 1 fully saturated rings. The molecule has 0 amide bonds. The zero-order chi connectivity index (χ0) is 8.65. The minimum Gasteiger partial charge on any atom is -0.477 e. The van der Waals surface area contributed by atoms with Crippen molar-refractivity contribution >= 4 is 11.8 Å². The van der Waals surface area contributed by atoms with Gasteiger partial charge in [0, 0.05) is 0 Å². The predicted octanol–water partition coefficient (Wildman–Crippen LogP) is -0.863. The van der Waals surface area contributed by atoms with Crippen molar-refractivity contribution < 1.29 is 24.5 Å². The lowest BCUT2D eigenvalue weighted by Gasteiger charge is -2.14. The molecule has 5 heteroatoms. The SMILES string of the molecule is C[C@@H]1O[C@](O)(C(=O)O)CC1=O. The van der Waals surface area contributed by atoms with E-state index in [-0.39, 0.29) is 0 Å². The molecule has 62 valence electrons. The summed E-state index contributed by atoms with van der Waals surface area (Å²) < 4.78 is 4.53. The van der Waals surface area contributed by atoms with E-state index in [1.54, 1.807) is 0 Å². The van der Waals surface area contributed by atoms with Gasteiger partial charge in [-0.1, -0.05) is 0 Å². The van der Waals surface area contributed by atoms with Crippen LogP contribution in [0.4, 0.5) is 0 Å². The highest BCUT2D eigenvalue weighted by Gasteiger charge is 2.48. The van der Waals surface area contributed by atoms with E-state index in [1.165, 1.54) is 6.92 Å². The maximum atomic E-state index is 10.7. The van der Waals surface area contributed by atoms with Crippen molar-refractivity contribution in [1.82, 2.24) is 0 Å². The third-order valence-electron chi connectivity index (χ3n) is 1.57. The molecule has 0 aliphatic carbocycles. The summed E-state index contributed by atoms with van der Waals surface area (Å²) in [4.78, 5) is 21.0. The van der Waals surface area contributed by atoms with E-state index < -0.39 is 30.1 Å². The Kier molecular flexibility index (Phi) is 1.69. The van der Waals surface area contributed by atoms with Gasteiger partial charge in [0.25, 0.3) is 5.79 Å². The molecule has 0 saturated carbocycles. The first-order valence-electron chi connectivity index (χ1n) is 3.12. The van der Waals surface area contributed by atoms with E-state index >= 15 is 0 Å². The van der Waals surface area contributed by atoms with Crippen molar-refractivity contribution in [1.29, 1.82) is 0 Å². The van der Waals surface area contributed by atoms with E-state index in [2.05, 4.69) is 4.74 Å². The second-order valence-electron chi connectivity index (χ2n) is 2.49. The molecule has 1 aliphatic rings. The van der Waals surface area contributed by atoms with Crippen molar-refractivity contribution in [3.8, 4) is 0 Å². The number of rotatable bonds is 1. The molecule has 2 N–H and O–H groups in total. The Bertz CT molecular complexity index is 209. The molecule has 0 aromatic heterocycles. The van der Waals surface area contributed by atoms with Crippen LogP contribution in [0.5, 0.6) is 0 Å². The van der Waals surface area contributed by atoms with Gasteiger partial charge in [0.2, 0.25) is 0 Å². The number of aliphatic carboxylic acids is 1. The fourth-order valence-electron chi connectivity index (χ4n) is 0.906. The molecule has 1 heterocycles. The molecule has 0 aromatic rings. The van der Waals surface area contributed by atoms with Crippen LogP contribution in [0.25, 0.3) is 0 Å². The molecular weight excluding hydrogens is 152 g/mol. The number of ketones is 1. The molecule has 0 aromatic carbocycles. The first-order valence-corrected chi connectivity index (χ1v) is 3.12. The maximum absolute atomic E-state index is 10.7. The zero-order valence-electron chi connectivity index (χ0n) is 5.90. The third kappa shape index (κ3) is 1.24. The van der Waals surface area contributed by atoms with Crippen molar-refractivity contribution in [2.75, 3.05) is 0 Å². The van der Waals surface area contributed by atoms with Crippen LogP contribution in [-0.2, 0) is 14.3 Å². The largest absolute Gasteiger partial charge is 0.477 e. The van der Waals surface area contributed by atoms with Crippen LogP contribution >= 0.6 is 0 Å². The van der Waals surface area contributed by atoms with Crippen LogP contribution in [0.15, 0.2) is 0 Å². The highest BCUT2D eigenvalue weighted by atomic mass is 16.7. The fourth-order valence-corrected chi connectivity index (χ4v) is 0.906. The van der Waals surface area contributed by atoms with Crippen LogP contribution in [-0.4, -0.2) is 33.9 Å². The summed E-state index contributed by atoms with van der Waals surface area (Å²) in [7, 11) is 0. The summed E-state index contributed by atoms with van der Waals surface area (Å²) >= 11 is 0. The van der Waals surface area contributed by atoms with Gasteiger partial charge in [0.05, 0.1) is 6.42 Å². The number of ether oxygens (including phenoxy) is 1. The normalized spacial score (nSPS) is 37.6. The maximum Gasteiger partial charge on any atom is 0.364 e. The first kappa shape index (κ1) is 8.16. The van der Waals surface area contributed by atoms with Gasteiger partial charge in [-0.25, -0.2) is 4.79 Å². The number of carboxylic acid groups (broad SMARTS) is 1. The molecule has 1 aliphatic heterocycles. The molecule has 1 rings (SSSR count). The Hall–Kier alpha value is -0.940. The van der Waals surface area contributed by atoms with Gasteiger partial charge in [-0.3, -0.25) is 4.79 Å². The predicted molar refractivity (Wildman–Crippen MR) is 32.8 cm³/mol. The van der Waals surface area contributed by atoms with E-state index in [9.17, 15) is 9.59 Å². The van der Waals surface area contributed by atoms with Crippen molar-refractivity contribution in [2.45, 2.75) is 25.2 Å². The zero-order valence-corrected chi connectivity index (χ0v) is 5.90. The second-order valence-corrected chi connectivity index (χ2v) is 2.49. The summed E-state index contributed by atoms with van der Waals surface area (Å²) in [5.41, 5.74) is 0. The van der Waals surface area contributed by atoms with Crippen molar-refractivity contribution in [2.24, 2.45) is 0 Å². The molecule has 0 radical (unpaired) electrons. The summed E-state index contributed by atoms with van der Waals surface area (Å²) in [5.74, 6) is -4.21. The Morgan fingerprint density at radius 3 is 2.55 bits per heavy atom. The van der Waals surface area contributed by atoms with Gasteiger partial charge in [-0.2, -0.15) is 0 Å². The van der Waals surface area contributed by atoms with Crippen LogP contribution in [0, 0.1) is 0 Å². The molecule has 0 bridgehead atoms. The van der Waals surface area contributed by atoms with Gasteiger partial charge >= 0.3 is 5.97 Å². The quantitative estimate of drug-likeness (QED) is 0.521. The number of hydrogen-bond acceptors (Lipinski definition) is 4. The fraction of sp³-hybridized carbons (Fsp3) is 0.667. The number of carbonyl (C=O) groups excluding carboxylic acids is 1. The van der Waals surface area contributed by atoms with Gasteiger partial charge in [0.15, 0.2) is 5.78 Å². The van der Waals surface area contributed by atoms with Crippen LogP contribution in [0.1, 0.15) is 13.3 Å². The standard InChI is InChI=1S/C6H8O5/c1-3-4(7)2-6(10,11-3)5(8)9/h3,10H,2H2,1H3,(H,8,9)/t3-,6-/m0/s1. The molecular formula is C6H8O5. The summed E-state index contributed by atoms with van der Waals surface area (Å²) in [5, 5.41) is 17.4. The van der Waals surface area contributed by atoms with E-state index in [1.807, 2.05) is 0 Å². The number of carbonyl (C=O) groups is 2. The lowest BCUT2D eigenvalue weighted by Crippen LogP contribution is -2.38. The van der Waals surface area contributed by atoms with E-state index in [0.717, 1.165) is 0 Å². The van der Waals surface area contributed by atoms with Gasteiger partial charge in [0.1, 0.15) is 6.10 Å². The average molecular weight is 160 g/mol. The molecule has 11 heavy (non-hydrogen) atoms. The average Bonchev–Trinajstić information content (AvgIpc) is 2.09. The Labute approximate surface area is 62.6 Å². The third-order valence-corrected chi connectivity index (χ3v) is 1.57. The van der Waals surface area contributed by atoms with Gasteiger partial charge < -0.3 is 14.9 Å². The monoisotopic (exact) mass is 160 g/mol. The Morgan fingerprint density at radius 2 is 2.36 bits per heavy atom. The summed E-state index contributed by atoms with van der Waals surface area (Å²) in [6.45, 7) is 1.41. The van der Waals surface area contributed by atoms with Crippen molar-refractivity contribution in [3.05, 3.63) is 0 Å². The molecule has 1 saturated heterocycles. The lowest BCUT2D eigenvalue weighted by atomic mass is 10.1. The van der Waals surface area contributed by atoms with Crippen LogP contribution in [0.3, 0.4) is 0 Å². The number of Topliss-reactive ketones (excluding diaryl/α,β-unsaturated/α-hetero) is 1. The van der Waals surface area contributed by atoms with Gasteiger partial charge in [-0.15, -0.1) is 0 Å². The van der Waals surface area contributed by atoms with Crippen LogP contribution < -0.4 is 0 Å². The number of aliphatic hydroxyl groups is 1. The lowest BCUT2D eigenvalue weighted by molar-refractivity contribution is -0.215. The number of hydrogen-bond donors (Lipinski definition) is 2. The van der Waals surface area contributed by atoms with Crippen molar-refractivity contribution in [3.63, 3.8) is 0 Å². The van der Waals surface area contributed by atoms with E-state index in [0.29, 0.717) is 0 Å². The Balaban J connectivity index is 2.79. The molecule has 5 nitrogen and oxygen atoms in total.